The van der Waals surface area contributed by atoms with Gasteiger partial charge in [-0.1, -0.05) is 65.9 Å². The van der Waals surface area contributed by atoms with E-state index >= 15 is 0 Å². The second kappa shape index (κ2) is 10.3. The van der Waals surface area contributed by atoms with Crippen molar-refractivity contribution in [3.8, 4) is 0 Å². The Hall–Kier alpha value is -3.03. The standard InChI is InChI=1S/C24H29N5O2/c1-20(16-27-12-14-31-15-13-27)29(18-22-10-6-3-7-11-22)24(30)23-19-28(26-25-23)17-21-8-4-2-5-9-21/h2-11,19-20H,12-18H2,1H3. The van der Waals surface area contributed by atoms with Gasteiger partial charge in [0, 0.05) is 32.2 Å². The molecule has 0 bridgehead atoms. The summed E-state index contributed by atoms with van der Waals surface area (Å²) in [6, 6.07) is 20.2. The summed E-state index contributed by atoms with van der Waals surface area (Å²) in [4.78, 5) is 17.7. The van der Waals surface area contributed by atoms with Gasteiger partial charge in [0.25, 0.3) is 5.91 Å². The van der Waals surface area contributed by atoms with Crippen LogP contribution in [0.3, 0.4) is 0 Å². The van der Waals surface area contributed by atoms with E-state index in [4.69, 9.17) is 4.74 Å². The Morgan fingerprint density at radius 1 is 1.03 bits per heavy atom. The number of amides is 1. The van der Waals surface area contributed by atoms with E-state index in [1.54, 1.807) is 10.9 Å². The molecule has 1 amide bonds. The molecule has 1 fully saturated rings. The fraction of sp³-hybridized carbons (Fsp3) is 0.375. The van der Waals surface area contributed by atoms with Crippen LogP contribution in [0.1, 0.15) is 28.5 Å². The molecule has 1 unspecified atom stereocenters. The van der Waals surface area contributed by atoms with Crippen molar-refractivity contribution in [3.05, 3.63) is 83.7 Å². The minimum Gasteiger partial charge on any atom is -0.379 e. The summed E-state index contributed by atoms with van der Waals surface area (Å²) >= 11 is 0. The van der Waals surface area contributed by atoms with Crippen molar-refractivity contribution < 1.29 is 9.53 Å². The molecule has 31 heavy (non-hydrogen) atoms. The number of aromatic nitrogens is 3. The number of morpholine rings is 1. The monoisotopic (exact) mass is 419 g/mol. The van der Waals surface area contributed by atoms with Gasteiger partial charge in [-0.05, 0) is 18.1 Å². The first kappa shape index (κ1) is 21.2. The quantitative estimate of drug-likeness (QED) is 0.562. The number of carbonyl (C=O) groups excluding carboxylic acids is 1. The molecule has 2 aromatic carbocycles. The summed E-state index contributed by atoms with van der Waals surface area (Å²) in [6.07, 6.45) is 1.74. The van der Waals surface area contributed by atoms with E-state index in [1.807, 2.05) is 65.6 Å². The third-order valence-electron chi connectivity index (χ3n) is 5.56. The first-order valence-corrected chi connectivity index (χ1v) is 10.8. The lowest BCUT2D eigenvalue weighted by atomic mass is 10.1. The molecule has 7 nitrogen and oxygen atoms in total. The molecule has 0 N–H and O–H groups in total. The van der Waals surface area contributed by atoms with E-state index in [9.17, 15) is 4.79 Å². The summed E-state index contributed by atoms with van der Waals surface area (Å²) in [5, 5.41) is 8.38. The lowest BCUT2D eigenvalue weighted by molar-refractivity contribution is 0.0227. The van der Waals surface area contributed by atoms with E-state index in [0.717, 1.165) is 44.0 Å². The molecule has 0 aliphatic carbocycles. The average molecular weight is 420 g/mol. The average Bonchev–Trinajstić information content (AvgIpc) is 3.27. The highest BCUT2D eigenvalue weighted by molar-refractivity contribution is 5.92. The fourth-order valence-electron chi connectivity index (χ4n) is 3.86. The maximum absolute atomic E-state index is 13.5. The predicted octanol–water partition coefficient (Wildman–Crippen LogP) is 2.69. The molecule has 162 valence electrons. The molecule has 7 heteroatoms. The summed E-state index contributed by atoms with van der Waals surface area (Å²) in [7, 11) is 0. The summed E-state index contributed by atoms with van der Waals surface area (Å²) in [6.45, 7) is 7.31. The van der Waals surface area contributed by atoms with Gasteiger partial charge in [-0.3, -0.25) is 9.69 Å². The number of carbonyl (C=O) groups is 1. The van der Waals surface area contributed by atoms with Gasteiger partial charge < -0.3 is 9.64 Å². The van der Waals surface area contributed by atoms with Crippen LogP contribution in [0.25, 0.3) is 0 Å². The molecule has 1 aromatic heterocycles. The van der Waals surface area contributed by atoms with Crippen LogP contribution in [-0.2, 0) is 17.8 Å². The normalized spacial score (nSPS) is 15.5. The molecular weight excluding hydrogens is 390 g/mol. The Labute approximate surface area is 183 Å². The topological polar surface area (TPSA) is 63.5 Å². The number of benzene rings is 2. The number of ether oxygens (including phenoxy) is 1. The first-order chi connectivity index (χ1) is 15.2. The summed E-state index contributed by atoms with van der Waals surface area (Å²) in [5.41, 5.74) is 2.59. The van der Waals surface area contributed by atoms with E-state index in [0.29, 0.717) is 18.8 Å². The second-order valence-corrected chi connectivity index (χ2v) is 7.97. The minimum absolute atomic E-state index is 0.0325. The van der Waals surface area contributed by atoms with Crippen molar-refractivity contribution in [2.75, 3.05) is 32.8 Å². The molecule has 2 heterocycles. The maximum Gasteiger partial charge on any atom is 0.276 e. The summed E-state index contributed by atoms with van der Waals surface area (Å²) < 4.78 is 7.18. The molecule has 0 spiro atoms. The van der Waals surface area contributed by atoms with Gasteiger partial charge in [0.2, 0.25) is 0 Å². The molecule has 0 radical (unpaired) electrons. The first-order valence-electron chi connectivity index (χ1n) is 10.8. The van der Waals surface area contributed by atoms with Crippen LogP contribution < -0.4 is 0 Å². The predicted molar refractivity (Wildman–Crippen MR) is 119 cm³/mol. The lowest BCUT2D eigenvalue weighted by Crippen LogP contribution is -2.48. The molecule has 3 aromatic rings. The van der Waals surface area contributed by atoms with Crippen molar-refractivity contribution in [1.82, 2.24) is 24.8 Å². The van der Waals surface area contributed by atoms with Crippen molar-refractivity contribution in [1.29, 1.82) is 0 Å². The Morgan fingerprint density at radius 2 is 1.68 bits per heavy atom. The molecule has 0 saturated carbocycles. The van der Waals surface area contributed by atoms with Gasteiger partial charge in [-0.2, -0.15) is 0 Å². The van der Waals surface area contributed by atoms with Crippen LogP contribution in [0, 0.1) is 0 Å². The second-order valence-electron chi connectivity index (χ2n) is 7.97. The molecule has 1 aliphatic rings. The van der Waals surface area contributed by atoms with Gasteiger partial charge in [0.1, 0.15) is 0 Å². The van der Waals surface area contributed by atoms with E-state index in [1.165, 1.54) is 0 Å². The Morgan fingerprint density at radius 3 is 2.35 bits per heavy atom. The van der Waals surface area contributed by atoms with Gasteiger partial charge >= 0.3 is 0 Å². The Kier molecular flexibility index (Phi) is 7.07. The van der Waals surface area contributed by atoms with Crippen molar-refractivity contribution in [2.24, 2.45) is 0 Å². The zero-order valence-corrected chi connectivity index (χ0v) is 17.9. The van der Waals surface area contributed by atoms with Gasteiger partial charge in [-0.25, -0.2) is 4.68 Å². The maximum atomic E-state index is 13.5. The van der Waals surface area contributed by atoms with E-state index < -0.39 is 0 Å². The molecule has 1 atom stereocenters. The highest BCUT2D eigenvalue weighted by Crippen LogP contribution is 2.14. The van der Waals surface area contributed by atoms with Gasteiger partial charge in [-0.15, -0.1) is 5.10 Å². The Bertz CT molecular complexity index is 954. The zero-order valence-electron chi connectivity index (χ0n) is 17.9. The third kappa shape index (κ3) is 5.77. The number of nitrogens with zero attached hydrogens (tertiary/aromatic N) is 5. The molecule has 4 rings (SSSR count). The number of hydrogen-bond donors (Lipinski definition) is 0. The van der Waals surface area contributed by atoms with Gasteiger partial charge in [0.15, 0.2) is 5.69 Å². The highest BCUT2D eigenvalue weighted by Gasteiger charge is 2.26. The SMILES string of the molecule is CC(CN1CCOCC1)N(Cc1ccccc1)C(=O)c1cn(Cc2ccccc2)nn1. The minimum atomic E-state index is -0.0936. The smallest absolute Gasteiger partial charge is 0.276 e. The van der Waals surface area contributed by atoms with Crippen LogP contribution in [-0.4, -0.2) is 69.6 Å². The largest absolute Gasteiger partial charge is 0.379 e. The van der Waals surface area contributed by atoms with Crippen LogP contribution >= 0.6 is 0 Å². The van der Waals surface area contributed by atoms with E-state index in [2.05, 4.69) is 22.1 Å². The van der Waals surface area contributed by atoms with Crippen LogP contribution in [0.5, 0.6) is 0 Å². The van der Waals surface area contributed by atoms with E-state index in [-0.39, 0.29) is 11.9 Å². The fourth-order valence-corrected chi connectivity index (χ4v) is 3.86. The van der Waals surface area contributed by atoms with Crippen LogP contribution in [0.2, 0.25) is 0 Å². The third-order valence-corrected chi connectivity index (χ3v) is 5.56. The van der Waals surface area contributed by atoms with Crippen LogP contribution in [0.4, 0.5) is 0 Å². The lowest BCUT2D eigenvalue weighted by Gasteiger charge is -2.34. The van der Waals surface area contributed by atoms with Crippen molar-refractivity contribution in [2.45, 2.75) is 26.1 Å². The highest BCUT2D eigenvalue weighted by atomic mass is 16.5. The van der Waals surface area contributed by atoms with Gasteiger partial charge in [0.05, 0.1) is 26.0 Å². The summed E-state index contributed by atoms with van der Waals surface area (Å²) in [5.74, 6) is -0.0936. The molecule has 1 saturated heterocycles. The van der Waals surface area contributed by atoms with Crippen molar-refractivity contribution >= 4 is 5.91 Å². The Balaban J connectivity index is 1.50. The number of rotatable bonds is 8. The molecular formula is C24H29N5O2. The molecule has 1 aliphatic heterocycles. The number of hydrogen-bond acceptors (Lipinski definition) is 5. The van der Waals surface area contributed by atoms with Crippen molar-refractivity contribution in [3.63, 3.8) is 0 Å². The zero-order chi connectivity index (χ0) is 21.5. The van der Waals surface area contributed by atoms with Crippen LogP contribution in [0.15, 0.2) is 66.9 Å².